The Morgan fingerprint density at radius 3 is 3.06 bits per heavy atom. The molecule has 3 rings (SSSR count). The molecular formula is C14H20N2O. The second-order valence-electron chi connectivity index (χ2n) is 5.36. The lowest BCUT2D eigenvalue weighted by atomic mass is 9.93. The van der Waals surface area contributed by atoms with E-state index in [1.165, 1.54) is 24.9 Å². The first-order valence-electron chi connectivity index (χ1n) is 6.58. The Bertz CT molecular complexity index is 368. The van der Waals surface area contributed by atoms with Gasteiger partial charge in [-0.15, -0.1) is 0 Å². The van der Waals surface area contributed by atoms with Crippen LogP contribution in [0.2, 0.25) is 0 Å². The Hall–Kier alpha value is -0.930. The highest BCUT2D eigenvalue weighted by Crippen LogP contribution is 2.32. The monoisotopic (exact) mass is 232 g/mol. The zero-order chi connectivity index (χ0) is 11.7. The van der Waals surface area contributed by atoms with Gasteiger partial charge in [0.2, 0.25) is 0 Å². The zero-order valence-electron chi connectivity index (χ0n) is 10.4. The number of ether oxygens (including phenoxy) is 1. The van der Waals surface area contributed by atoms with Crippen LogP contribution in [0.3, 0.4) is 0 Å². The van der Waals surface area contributed by atoms with Crippen LogP contribution in [-0.2, 0) is 11.3 Å². The summed E-state index contributed by atoms with van der Waals surface area (Å²) in [7, 11) is 0. The van der Waals surface area contributed by atoms with Crippen molar-refractivity contribution in [3.05, 3.63) is 30.1 Å². The summed E-state index contributed by atoms with van der Waals surface area (Å²) in [5, 5.41) is 0. The number of hydrogen-bond acceptors (Lipinski definition) is 3. The van der Waals surface area contributed by atoms with Crippen molar-refractivity contribution >= 4 is 0 Å². The van der Waals surface area contributed by atoms with Crippen LogP contribution in [0, 0.1) is 5.92 Å². The molecule has 0 saturated carbocycles. The summed E-state index contributed by atoms with van der Waals surface area (Å²) >= 11 is 0. The van der Waals surface area contributed by atoms with Crippen LogP contribution in [0.1, 0.15) is 25.3 Å². The lowest BCUT2D eigenvalue weighted by Crippen LogP contribution is -2.40. The van der Waals surface area contributed by atoms with Crippen molar-refractivity contribution in [2.75, 3.05) is 13.1 Å². The SMILES string of the molecule is C[C@@H]1C[C@@H]2CN(Cc3ccncc3)CC[C@H]2O1. The van der Waals surface area contributed by atoms with Crippen molar-refractivity contribution in [2.24, 2.45) is 5.92 Å². The van der Waals surface area contributed by atoms with E-state index < -0.39 is 0 Å². The third-order valence-corrected chi connectivity index (χ3v) is 3.95. The Morgan fingerprint density at radius 2 is 2.24 bits per heavy atom. The van der Waals surface area contributed by atoms with Crippen LogP contribution in [-0.4, -0.2) is 35.2 Å². The van der Waals surface area contributed by atoms with Gasteiger partial charge in [-0.05, 0) is 37.5 Å². The fourth-order valence-electron chi connectivity index (χ4n) is 3.16. The van der Waals surface area contributed by atoms with E-state index in [0.29, 0.717) is 12.2 Å². The van der Waals surface area contributed by atoms with Gasteiger partial charge in [0, 0.05) is 37.9 Å². The molecule has 3 atom stereocenters. The van der Waals surface area contributed by atoms with Gasteiger partial charge in [-0.3, -0.25) is 9.88 Å². The van der Waals surface area contributed by atoms with E-state index in [4.69, 9.17) is 4.74 Å². The summed E-state index contributed by atoms with van der Waals surface area (Å²) in [5.41, 5.74) is 1.37. The number of hydrogen-bond donors (Lipinski definition) is 0. The molecule has 0 N–H and O–H groups in total. The van der Waals surface area contributed by atoms with E-state index >= 15 is 0 Å². The first-order chi connectivity index (χ1) is 8.31. The van der Waals surface area contributed by atoms with E-state index in [-0.39, 0.29) is 0 Å². The molecule has 0 aromatic carbocycles. The minimum atomic E-state index is 0.464. The van der Waals surface area contributed by atoms with Gasteiger partial charge in [-0.2, -0.15) is 0 Å². The minimum absolute atomic E-state index is 0.464. The summed E-state index contributed by atoms with van der Waals surface area (Å²) in [4.78, 5) is 6.62. The predicted octanol–water partition coefficient (Wildman–Crippen LogP) is 2.08. The third kappa shape index (κ3) is 2.50. The third-order valence-electron chi connectivity index (χ3n) is 3.95. The van der Waals surface area contributed by atoms with E-state index in [9.17, 15) is 0 Å². The minimum Gasteiger partial charge on any atom is -0.375 e. The molecular weight excluding hydrogens is 212 g/mol. The van der Waals surface area contributed by atoms with Crippen molar-refractivity contribution in [2.45, 2.75) is 38.5 Å². The van der Waals surface area contributed by atoms with Crippen molar-refractivity contribution in [1.29, 1.82) is 0 Å². The maximum absolute atomic E-state index is 5.93. The molecule has 0 radical (unpaired) electrons. The van der Waals surface area contributed by atoms with Gasteiger partial charge in [0.25, 0.3) is 0 Å². The number of likely N-dealkylation sites (tertiary alicyclic amines) is 1. The normalized spacial score (nSPS) is 33.6. The van der Waals surface area contributed by atoms with Gasteiger partial charge in [0.15, 0.2) is 0 Å². The Morgan fingerprint density at radius 1 is 1.41 bits per heavy atom. The largest absolute Gasteiger partial charge is 0.375 e. The number of piperidine rings is 1. The van der Waals surface area contributed by atoms with Crippen molar-refractivity contribution in [3.63, 3.8) is 0 Å². The van der Waals surface area contributed by atoms with Crippen molar-refractivity contribution in [1.82, 2.24) is 9.88 Å². The van der Waals surface area contributed by atoms with Crippen molar-refractivity contribution < 1.29 is 4.74 Å². The molecule has 2 aliphatic rings. The van der Waals surface area contributed by atoms with Gasteiger partial charge in [-0.1, -0.05) is 0 Å². The second kappa shape index (κ2) is 4.75. The van der Waals surface area contributed by atoms with Gasteiger partial charge >= 0.3 is 0 Å². The van der Waals surface area contributed by atoms with Crippen molar-refractivity contribution in [3.8, 4) is 0 Å². The standard InChI is InChI=1S/C14H20N2O/c1-11-8-13-10-16(7-4-14(13)17-11)9-12-2-5-15-6-3-12/h2-3,5-6,11,13-14H,4,7-10H2,1H3/t11-,13-,14-/m1/s1. The molecule has 0 spiro atoms. The van der Waals surface area contributed by atoms with Crippen LogP contribution in [0.4, 0.5) is 0 Å². The molecule has 0 unspecified atom stereocenters. The highest BCUT2D eigenvalue weighted by Gasteiger charge is 2.36. The molecule has 1 aromatic heterocycles. The Balaban J connectivity index is 1.60. The fourth-order valence-corrected chi connectivity index (χ4v) is 3.16. The Kier molecular flexibility index (Phi) is 3.12. The summed E-state index contributed by atoms with van der Waals surface area (Å²) in [6.45, 7) is 5.61. The van der Waals surface area contributed by atoms with Gasteiger partial charge in [0.1, 0.15) is 0 Å². The molecule has 3 heteroatoms. The maximum Gasteiger partial charge on any atom is 0.0632 e. The molecule has 1 aromatic rings. The lowest BCUT2D eigenvalue weighted by Gasteiger charge is -2.34. The second-order valence-corrected chi connectivity index (χ2v) is 5.36. The van der Waals surface area contributed by atoms with E-state index in [1.54, 1.807) is 0 Å². The number of fused-ring (bicyclic) bond motifs is 1. The molecule has 0 amide bonds. The van der Waals surface area contributed by atoms with E-state index in [1.807, 2.05) is 12.4 Å². The van der Waals surface area contributed by atoms with E-state index in [0.717, 1.165) is 19.0 Å². The van der Waals surface area contributed by atoms with Gasteiger partial charge in [0.05, 0.1) is 12.2 Å². The molecule has 3 heterocycles. The first-order valence-corrected chi connectivity index (χ1v) is 6.58. The number of pyridine rings is 1. The number of nitrogens with zero attached hydrogens (tertiary/aromatic N) is 2. The van der Waals surface area contributed by atoms with Crippen LogP contribution >= 0.6 is 0 Å². The lowest BCUT2D eigenvalue weighted by molar-refractivity contribution is 0.00584. The summed E-state index contributed by atoms with van der Waals surface area (Å²) < 4.78 is 5.93. The smallest absolute Gasteiger partial charge is 0.0632 e. The highest BCUT2D eigenvalue weighted by atomic mass is 16.5. The molecule has 2 aliphatic heterocycles. The van der Waals surface area contributed by atoms with Crippen LogP contribution < -0.4 is 0 Å². The summed E-state index contributed by atoms with van der Waals surface area (Å²) in [6, 6.07) is 4.22. The molecule has 3 nitrogen and oxygen atoms in total. The summed E-state index contributed by atoms with van der Waals surface area (Å²) in [5.74, 6) is 0.751. The Labute approximate surface area is 103 Å². The average molecular weight is 232 g/mol. The molecule has 2 fully saturated rings. The van der Waals surface area contributed by atoms with Crippen LogP contribution in [0.5, 0.6) is 0 Å². The molecule has 2 saturated heterocycles. The predicted molar refractivity (Wildman–Crippen MR) is 66.6 cm³/mol. The molecule has 0 bridgehead atoms. The molecule has 92 valence electrons. The number of rotatable bonds is 2. The quantitative estimate of drug-likeness (QED) is 0.780. The molecule has 0 aliphatic carbocycles. The van der Waals surface area contributed by atoms with Gasteiger partial charge < -0.3 is 4.74 Å². The molecule has 17 heavy (non-hydrogen) atoms. The fraction of sp³-hybridized carbons (Fsp3) is 0.643. The average Bonchev–Trinajstić information content (AvgIpc) is 2.70. The van der Waals surface area contributed by atoms with Gasteiger partial charge in [-0.25, -0.2) is 0 Å². The van der Waals surface area contributed by atoms with Crippen LogP contribution in [0.15, 0.2) is 24.5 Å². The number of aromatic nitrogens is 1. The topological polar surface area (TPSA) is 25.4 Å². The highest BCUT2D eigenvalue weighted by molar-refractivity contribution is 5.09. The zero-order valence-corrected chi connectivity index (χ0v) is 10.4. The first kappa shape index (κ1) is 11.2. The van der Waals surface area contributed by atoms with Crippen LogP contribution in [0.25, 0.3) is 0 Å². The van der Waals surface area contributed by atoms with E-state index in [2.05, 4.69) is 28.9 Å². The maximum atomic E-state index is 5.93. The summed E-state index contributed by atoms with van der Waals surface area (Å²) in [6.07, 6.45) is 7.17.